The van der Waals surface area contributed by atoms with Crippen LogP contribution in [0.3, 0.4) is 0 Å². The zero-order valence-electron chi connectivity index (χ0n) is 11.2. The topological polar surface area (TPSA) is 91.5 Å². The molecule has 6 nitrogen and oxygen atoms in total. The molecule has 2 N–H and O–H groups in total. The van der Waals surface area contributed by atoms with Crippen molar-refractivity contribution in [3.63, 3.8) is 0 Å². The predicted molar refractivity (Wildman–Crippen MR) is 69.6 cm³/mol. The van der Waals surface area contributed by atoms with Crippen molar-refractivity contribution in [2.45, 2.75) is 50.2 Å². The number of rotatable bonds is 4. The van der Waals surface area contributed by atoms with Crippen molar-refractivity contribution in [3.8, 4) is 11.6 Å². The lowest BCUT2D eigenvalue weighted by Crippen LogP contribution is -2.26. The van der Waals surface area contributed by atoms with Crippen LogP contribution in [-0.4, -0.2) is 25.1 Å². The number of aromatic nitrogens is 1. The van der Waals surface area contributed by atoms with E-state index in [1.807, 2.05) is 0 Å². The van der Waals surface area contributed by atoms with Crippen LogP contribution in [0.15, 0.2) is 17.2 Å². The van der Waals surface area contributed by atoms with Gasteiger partial charge in [0, 0.05) is 12.3 Å². The lowest BCUT2D eigenvalue weighted by Gasteiger charge is -2.22. The molecule has 0 bridgehead atoms. The quantitative estimate of drug-likeness (QED) is 0.904. The SMILES string of the molecule is CC(C)(C)Oc1nccc(OC2CC2)c1S(N)(=O)=O. The van der Waals surface area contributed by atoms with Gasteiger partial charge in [0.05, 0.1) is 6.10 Å². The standard InChI is InChI=1S/C12H18N2O4S/c1-12(2,3)18-11-10(19(13,15)16)9(6-7-14-11)17-8-4-5-8/h6-8H,4-5H2,1-3H3,(H2,13,15,16). The fraction of sp³-hybridized carbons (Fsp3) is 0.583. The summed E-state index contributed by atoms with van der Waals surface area (Å²) in [4.78, 5) is 3.77. The third-order valence-electron chi connectivity index (χ3n) is 2.34. The number of hydrogen-bond acceptors (Lipinski definition) is 5. The van der Waals surface area contributed by atoms with E-state index in [9.17, 15) is 8.42 Å². The van der Waals surface area contributed by atoms with Crippen molar-refractivity contribution in [2.75, 3.05) is 0 Å². The lowest BCUT2D eigenvalue weighted by molar-refractivity contribution is 0.118. The largest absolute Gasteiger partial charge is 0.489 e. The average Bonchev–Trinajstić information content (AvgIpc) is 2.97. The third kappa shape index (κ3) is 3.81. The molecule has 2 rings (SSSR count). The summed E-state index contributed by atoms with van der Waals surface area (Å²) in [5, 5.41) is 5.25. The van der Waals surface area contributed by atoms with E-state index in [4.69, 9.17) is 14.6 Å². The number of nitrogens with zero attached hydrogens (tertiary/aromatic N) is 1. The molecule has 0 aliphatic heterocycles. The summed E-state index contributed by atoms with van der Waals surface area (Å²) in [7, 11) is -3.97. The summed E-state index contributed by atoms with van der Waals surface area (Å²) in [6, 6.07) is 1.49. The Morgan fingerprint density at radius 3 is 2.47 bits per heavy atom. The number of nitrogens with two attached hydrogens (primary N) is 1. The molecule has 106 valence electrons. The van der Waals surface area contributed by atoms with Crippen LogP contribution in [0.2, 0.25) is 0 Å². The van der Waals surface area contributed by atoms with Gasteiger partial charge in [-0.05, 0) is 33.6 Å². The summed E-state index contributed by atoms with van der Waals surface area (Å²) in [6.07, 6.45) is 3.35. The molecule has 1 fully saturated rings. The van der Waals surface area contributed by atoms with Crippen molar-refractivity contribution < 1.29 is 17.9 Å². The van der Waals surface area contributed by atoms with Gasteiger partial charge in [0.2, 0.25) is 15.9 Å². The van der Waals surface area contributed by atoms with E-state index in [2.05, 4.69) is 4.98 Å². The summed E-state index contributed by atoms with van der Waals surface area (Å²) < 4.78 is 34.6. The Hall–Kier alpha value is -1.34. The molecule has 0 atom stereocenters. The maximum atomic E-state index is 11.7. The highest BCUT2D eigenvalue weighted by Crippen LogP contribution is 2.36. The molecule has 19 heavy (non-hydrogen) atoms. The number of ether oxygens (including phenoxy) is 2. The van der Waals surface area contributed by atoms with Gasteiger partial charge >= 0.3 is 0 Å². The molecule has 0 unspecified atom stereocenters. The fourth-order valence-electron chi connectivity index (χ4n) is 1.50. The Bertz CT molecular complexity index is 574. The molecule has 0 amide bonds. The second-order valence-corrected chi connectivity index (χ2v) is 7.02. The summed E-state index contributed by atoms with van der Waals surface area (Å²) in [6.45, 7) is 5.40. The van der Waals surface area contributed by atoms with Gasteiger partial charge in [0.25, 0.3) is 0 Å². The van der Waals surface area contributed by atoms with E-state index in [1.54, 1.807) is 20.8 Å². The highest BCUT2D eigenvalue weighted by atomic mass is 32.2. The molecule has 0 aromatic carbocycles. The van der Waals surface area contributed by atoms with Gasteiger partial charge in [-0.15, -0.1) is 0 Å². The molecule has 1 aromatic heterocycles. The fourth-order valence-corrected chi connectivity index (χ4v) is 2.23. The van der Waals surface area contributed by atoms with Crippen LogP contribution in [0, 0.1) is 0 Å². The van der Waals surface area contributed by atoms with Crippen LogP contribution in [-0.2, 0) is 10.0 Å². The summed E-state index contributed by atoms with van der Waals surface area (Å²) >= 11 is 0. The monoisotopic (exact) mass is 286 g/mol. The van der Waals surface area contributed by atoms with Crippen LogP contribution < -0.4 is 14.6 Å². The van der Waals surface area contributed by atoms with E-state index < -0.39 is 15.6 Å². The van der Waals surface area contributed by atoms with Gasteiger partial charge in [-0.25, -0.2) is 18.5 Å². The maximum Gasteiger partial charge on any atom is 0.247 e. The highest BCUT2D eigenvalue weighted by Gasteiger charge is 2.30. The van der Waals surface area contributed by atoms with Crippen LogP contribution in [0.1, 0.15) is 33.6 Å². The van der Waals surface area contributed by atoms with Gasteiger partial charge in [-0.1, -0.05) is 0 Å². The van der Waals surface area contributed by atoms with Crippen molar-refractivity contribution in [1.29, 1.82) is 0 Å². The van der Waals surface area contributed by atoms with Crippen molar-refractivity contribution in [3.05, 3.63) is 12.3 Å². The molecule has 0 radical (unpaired) electrons. The molecule has 1 aliphatic rings. The van der Waals surface area contributed by atoms with Crippen molar-refractivity contribution >= 4 is 10.0 Å². The van der Waals surface area contributed by atoms with Crippen molar-refractivity contribution in [2.24, 2.45) is 5.14 Å². The predicted octanol–water partition coefficient (Wildman–Crippen LogP) is 1.45. The first-order chi connectivity index (χ1) is 8.67. The lowest BCUT2D eigenvalue weighted by atomic mass is 10.2. The zero-order chi connectivity index (χ0) is 14.3. The number of hydrogen-bond donors (Lipinski definition) is 1. The Balaban J connectivity index is 2.46. The first-order valence-corrected chi connectivity index (χ1v) is 7.59. The number of primary sulfonamides is 1. The van der Waals surface area contributed by atoms with Crippen LogP contribution in [0.25, 0.3) is 0 Å². The Morgan fingerprint density at radius 2 is 2.00 bits per heavy atom. The van der Waals surface area contributed by atoms with E-state index in [1.165, 1.54) is 12.3 Å². The highest BCUT2D eigenvalue weighted by molar-refractivity contribution is 7.89. The molecule has 1 aromatic rings. The van der Waals surface area contributed by atoms with Gasteiger partial charge in [0.15, 0.2) is 4.90 Å². The zero-order valence-corrected chi connectivity index (χ0v) is 12.0. The summed E-state index contributed by atoms with van der Waals surface area (Å²) in [5.74, 6) is 0.187. The van der Waals surface area contributed by atoms with E-state index in [0.29, 0.717) is 0 Å². The average molecular weight is 286 g/mol. The van der Waals surface area contributed by atoms with E-state index in [0.717, 1.165) is 12.8 Å². The van der Waals surface area contributed by atoms with Crippen LogP contribution in [0.4, 0.5) is 0 Å². The Morgan fingerprint density at radius 1 is 1.37 bits per heavy atom. The molecule has 7 heteroatoms. The van der Waals surface area contributed by atoms with Crippen LogP contribution >= 0.6 is 0 Å². The smallest absolute Gasteiger partial charge is 0.247 e. The second kappa shape index (κ2) is 4.64. The molecular formula is C12H18N2O4S. The molecule has 0 saturated heterocycles. The van der Waals surface area contributed by atoms with Crippen molar-refractivity contribution in [1.82, 2.24) is 4.98 Å². The van der Waals surface area contributed by atoms with Gasteiger partial charge in [-0.2, -0.15) is 0 Å². The minimum atomic E-state index is -3.97. The summed E-state index contributed by atoms with van der Waals surface area (Å²) in [5.41, 5.74) is -0.579. The minimum Gasteiger partial charge on any atom is -0.489 e. The molecule has 1 aliphatic carbocycles. The van der Waals surface area contributed by atoms with Gasteiger partial charge in [0.1, 0.15) is 11.4 Å². The maximum absolute atomic E-state index is 11.7. The van der Waals surface area contributed by atoms with Gasteiger partial charge in [-0.3, -0.25) is 0 Å². The Labute approximate surface area is 113 Å². The van der Waals surface area contributed by atoms with Crippen LogP contribution in [0.5, 0.6) is 11.6 Å². The van der Waals surface area contributed by atoms with E-state index in [-0.39, 0.29) is 22.6 Å². The normalized spacial score (nSPS) is 16.2. The van der Waals surface area contributed by atoms with E-state index >= 15 is 0 Å². The molecule has 0 spiro atoms. The van der Waals surface area contributed by atoms with Gasteiger partial charge < -0.3 is 9.47 Å². The third-order valence-corrected chi connectivity index (χ3v) is 3.29. The first kappa shape index (κ1) is 14.1. The number of pyridine rings is 1. The second-order valence-electron chi connectivity index (χ2n) is 5.52. The molecular weight excluding hydrogens is 268 g/mol. The molecule has 1 heterocycles. The first-order valence-electron chi connectivity index (χ1n) is 6.04. The minimum absolute atomic E-state index is 0.0202. The number of sulfonamides is 1. The molecule has 1 saturated carbocycles. The Kier molecular flexibility index (Phi) is 3.44.